The largest absolute Gasteiger partial charge is 0.384 e. The molecule has 0 aliphatic carbocycles. The van der Waals surface area contributed by atoms with Gasteiger partial charge < -0.3 is 5.11 Å². The number of pyridine rings is 1. The van der Waals surface area contributed by atoms with E-state index in [2.05, 4.69) is 10.2 Å². The third-order valence-electron chi connectivity index (χ3n) is 3.69. The van der Waals surface area contributed by atoms with Gasteiger partial charge in [0.25, 0.3) is 5.56 Å². The maximum absolute atomic E-state index is 12.0. The molecule has 0 saturated heterocycles. The van der Waals surface area contributed by atoms with Gasteiger partial charge in [-0.3, -0.25) is 4.79 Å². The number of nitrogens with zero attached hydrogens (tertiary/aromatic N) is 4. The lowest BCUT2D eigenvalue weighted by Crippen LogP contribution is -2.24. The van der Waals surface area contributed by atoms with Gasteiger partial charge in [-0.2, -0.15) is 10.2 Å². The van der Waals surface area contributed by atoms with E-state index in [1.807, 2.05) is 38.2 Å². The van der Waals surface area contributed by atoms with Crippen LogP contribution in [0.1, 0.15) is 39.4 Å². The molecule has 120 valence electrons. The molecule has 0 atom stereocenters. The fourth-order valence-electron chi connectivity index (χ4n) is 2.61. The van der Waals surface area contributed by atoms with E-state index in [1.54, 1.807) is 24.4 Å². The highest BCUT2D eigenvalue weighted by Crippen LogP contribution is 2.33. The van der Waals surface area contributed by atoms with Gasteiger partial charge >= 0.3 is 0 Å². The highest BCUT2D eigenvalue weighted by atomic mass is 16.3. The van der Waals surface area contributed by atoms with Crippen molar-refractivity contribution in [3.8, 4) is 11.3 Å². The Hall–Kier alpha value is -2.47. The van der Waals surface area contributed by atoms with Gasteiger partial charge in [-0.15, -0.1) is 0 Å². The van der Waals surface area contributed by atoms with Crippen molar-refractivity contribution in [1.29, 1.82) is 0 Å². The summed E-state index contributed by atoms with van der Waals surface area (Å²) in [5.41, 5.74) is 1.47. The average molecular weight is 312 g/mol. The monoisotopic (exact) mass is 312 g/mol. The second-order valence-corrected chi connectivity index (χ2v) is 6.41. The predicted molar refractivity (Wildman–Crippen MR) is 88.3 cm³/mol. The van der Waals surface area contributed by atoms with Gasteiger partial charge in [0.2, 0.25) is 0 Å². The minimum Gasteiger partial charge on any atom is -0.384 e. The molecule has 0 aromatic carbocycles. The minimum atomic E-state index is -1.12. The summed E-state index contributed by atoms with van der Waals surface area (Å²) in [6.07, 6.45) is 1.83. The van der Waals surface area contributed by atoms with E-state index in [4.69, 9.17) is 0 Å². The van der Waals surface area contributed by atoms with Crippen molar-refractivity contribution >= 4 is 5.52 Å². The van der Waals surface area contributed by atoms with Crippen molar-refractivity contribution in [2.24, 2.45) is 0 Å². The zero-order chi connectivity index (χ0) is 16.8. The molecule has 3 aromatic heterocycles. The lowest BCUT2D eigenvalue weighted by molar-refractivity contribution is 0.0741. The van der Waals surface area contributed by atoms with Crippen LogP contribution in [0.15, 0.2) is 41.3 Å². The molecule has 0 amide bonds. The van der Waals surface area contributed by atoms with E-state index < -0.39 is 5.60 Å². The fraction of sp³-hybridized carbons (Fsp3) is 0.353. The van der Waals surface area contributed by atoms with Crippen LogP contribution in [0.25, 0.3) is 16.8 Å². The van der Waals surface area contributed by atoms with Crippen LogP contribution in [0.2, 0.25) is 0 Å². The highest BCUT2D eigenvalue weighted by Gasteiger charge is 2.27. The Bertz CT molecular complexity index is 916. The third-order valence-corrected chi connectivity index (χ3v) is 3.69. The van der Waals surface area contributed by atoms with Gasteiger partial charge in [-0.05, 0) is 45.9 Å². The molecule has 0 saturated carbocycles. The molecule has 3 aromatic rings. The number of rotatable bonds is 3. The van der Waals surface area contributed by atoms with Crippen LogP contribution >= 0.6 is 0 Å². The second kappa shape index (κ2) is 5.31. The fourth-order valence-corrected chi connectivity index (χ4v) is 2.61. The van der Waals surface area contributed by atoms with Crippen molar-refractivity contribution in [1.82, 2.24) is 19.4 Å². The number of hydrogen-bond donors (Lipinski definition) is 1. The Balaban J connectivity index is 2.35. The zero-order valence-electron chi connectivity index (χ0n) is 13.7. The molecule has 1 N–H and O–H groups in total. The van der Waals surface area contributed by atoms with E-state index in [-0.39, 0.29) is 11.6 Å². The Morgan fingerprint density at radius 1 is 1.13 bits per heavy atom. The lowest BCUT2D eigenvalue weighted by atomic mass is 9.98. The van der Waals surface area contributed by atoms with Crippen LogP contribution in [-0.4, -0.2) is 24.5 Å². The molecule has 6 nitrogen and oxygen atoms in total. The number of fused-ring (bicyclic) bond motifs is 1. The quantitative estimate of drug-likeness (QED) is 0.806. The molecule has 0 unspecified atom stereocenters. The molecule has 0 aliphatic heterocycles. The summed E-state index contributed by atoms with van der Waals surface area (Å²) in [5, 5.41) is 19.5. The molecule has 0 bridgehead atoms. The van der Waals surface area contributed by atoms with Crippen molar-refractivity contribution < 1.29 is 5.11 Å². The molecular formula is C17H20N4O2. The average Bonchev–Trinajstić information content (AvgIpc) is 2.87. The first kappa shape index (κ1) is 15.4. The summed E-state index contributed by atoms with van der Waals surface area (Å²) >= 11 is 0. The van der Waals surface area contributed by atoms with Crippen molar-refractivity contribution in [3.05, 3.63) is 52.6 Å². The van der Waals surface area contributed by atoms with Gasteiger partial charge in [0.1, 0.15) is 11.3 Å². The minimum absolute atomic E-state index is 0.0464. The first-order valence-corrected chi connectivity index (χ1v) is 7.59. The summed E-state index contributed by atoms with van der Waals surface area (Å²) in [6.45, 7) is 7.20. The number of hydrogen-bond acceptors (Lipinski definition) is 4. The van der Waals surface area contributed by atoms with Gasteiger partial charge in [-0.25, -0.2) is 9.20 Å². The maximum Gasteiger partial charge on any atom is 0.267 e. The smallest absolute Gasteiger partial charge is 0.267 e. The first-order valence-electron chi connectivity index (χ1n) is 7.59. The highest BCUT2D eigenvalue weighted by molar-refractivity contribution is 5.80. The predicted octanol–water partition coefficient (Wildman–Crippen LogP) is 2.37. The van der Waals surface area contributed by atoms with E-state index >= 15 is 0 Å². The molecule has 0 aliphatic rings. The van der Waals surface area contributed by atoms with Crippen molar-refractivity contribution in [2.75, 3.05) is 0 Å². The molecule has 3 rings (SSSR count). The molecule has 0 radical (unpaired) electrons. The van der Waals surface area contributed by atoms with Gasteiger partial charge in [0.15, 0.2) is 0 Å². The standard InChI is InChI=1S/C17H20N4O2/c1-11(2)21-14(22)9-8-12(18-21)15-13-7-5-6-10-20(13)19-16(15)17(3,4)23/h5-11,23H,1-4H3. The van der Waals surface area contributed by atoms with Crippen LogP contribution < -0.4 is 5.56 Å². The molecule has 3 heterocycles. The topological polar surface area (TPSA) is 72.4 Å². The number of aliphatic hydroxyl groups is 1. The van der Waals surface area contributed by atoms with Crippen molar-refractivity contribution in [2.45, 2.75) is 39.3 Å². The van der Waals surface area contributed by atoms with Crippen LogP contribution in [0.5, 0.6) is 0 Å². The van der Waals surface area contributed by atoms with E-state index in [0.717, 1.165) is 11.1 Å². The molecule has 23 heavy (non-hydrogen) atoms. The van der Waals surface area contributed by atoms with Gasteiger partial charge in [0.05, 0.1) is 22.8 Å². The Labute approximate surface area is 134 Å². The SMILES string of the molecule is CC(C)n1nc(-c2c(C(C)(C)O)nn3ccccc23)ccc1=O. The second-order valence-electron chi connectivity index (χ2n) is 6.41. The van der Waals surface area contributed by atoms with Crippen LogP contribution in [0.4, 0.5) is 0 Å². The summed E-state index contributed by atoms with van der Waals surface area (Å²) < 4.78 is 3.16. The molecule has 6 heteroatoms. The van der Waals surface area contributed by atoms with Crippen molar-refractivity contribution in [3.63, 3.8) is 0 Å². The first-order chi connectivity index (χ1) is 10.8. The summed E-state index contributed by atoms with van der Waals surface area (Å²) in [4.78, 5) is 12.0. The van der Waals surface area contributed by atoms with Crippen LogP contribution in [0, 0.1) is 0 Å². The Morgan fingerprint density at radius 2 is 1.87 bits per heavy atom. The van der Waals surface area contributed by atoms with E-state index in [9.17, 15) is 9.90 Å². The Kier molecular flexibility index (Phi) is 3.56. The van der Waals surface area contributed by atoms with E-state index in [0.29, 0.717) is 11.4 Å². The Morgan fingerprint density at radius 3 is 2.52 bits per heavy atom. The van der Waals surface area contributed by atoms with Gasteiger partial charge in [-0.1, -0.05) is 6.07 Å². The van der Waals surface area contributed by atoms with Crippen LogP contribution in [-0.2, 0) is 5.60 Å². The molecule has 0 fully saturated rings. The zero-order valence-corrected chi connectivity index (χ0v) is 13.7. The summed E-state index contributed by atoms with van der Waals surface area (Å²) in [5.74, 6) is 0. The van der Waals surface area contributed by atoms with E-state index in [1.165, 1.54) is 10.7 Å². The maximum atomic E-state index is 12.0. The van der Waals surface area contributed by atoms with Crippen LogP contribution in [0.3, 0.4) is 0 Å². The molecule has 0 spiro atoms. The summed E-state index contributed by atoms with van der Waals surface area (Å²) in [6, 6.07) is 8.84. The lowest BCUT2D eigenvalue weighted by Gasteiger charge is -2.17. The molecular weight excluding hydrogens is 292 g/mol. The normalized spacial score (nSPS) is 12.3. The number of aromatic nitrogens is 4. The van der Waals surface area contributed by atoms with Gasteiger partial charge in [0, 0.05) is 12.3 Å². The summed E-state index contributed by atoms with van der Waals surface area (Å²) in [7, 11) is 0. The third kappa shape index (κ3) is 2.66.